The van der Waals surface area contributed by atoms with E-state index >= 15 is 9.59 Å². The molecule has 1 aromatic carbocycles. The highest BCUT2D eigenvalue weighted by atomic mass is 16.6. The van der Waals surface area contributed by atoms with Gasteiger partial charge < -0.3 is 45.3 Å². The van der Waals surface area contributed by atoms with Crippen molar-refractivity contribution in [2.45, 2.75) is 95.9 Å². The van der Waals surface area contributed by atoms with Gasteiger partial charge >= 0.3 is 12.1 Å². The molecule has 5 N–H and O–H groups in total. The zero-order valence-corrected chi connectivity index (χ0v) is 32.9. The highest BCUT2D eigenvalue weighted by Crippen LogP contribution is 2.47. The third-order valence-corrected chi connectivity index (χ3v) is 11.1. The van der Waals surface area contributed by atoms with Gasteiger partial charge in [-0.1, -0.05) is 63.4 Å². The van der Waals surface area contributed by atoms with Gasteiger partial charge in [0, 0.05) is 71.4 Å². The van der Waals surface area contributed by atoms with Crippen molar-refractivity contribution < 1.29 is 33.8 Å². The molecule has 2 fully saturated rings. The molecule has 14 nitrogen and oxygen atoms in total. The quantitative estimate of drug-likeness (QED) is 0.122. The smallest absolute Gasteiger partial charge is 0.410 e. The lowest BCUT2D eigenvalue weighted by Crippen LogP contribution is -2.62. The summed E-state index contributed by atoms with van der Waals surface area (Å²) in [6.45, 7) is 6.39. The second kappa shape index (κ2) is 20.2. The maximum absolute atomic E-state index is 15.6. The molecule has 4 rings (SSSR count). The van der Waals surface area contributed by atoms with Crippen LogP contribution in [0, 0.1) is 17.3 Å². The lowest BCUT2D eigenvalue weighted by atomic mass is 9.58. The number of nitrogens with one attached hydrogen (secondary N) is 2. The predicted octanol–water partition coefficient (Wildman–Crippen LogP) is 3.78. The molecule has 0 bridgehead atoms. The molecule has 14 heteroatoms. The molecule has 1 saturated heterocycles. The van der Waals surface area contributed by atoms with Crippen LogP contribution in [0.4, 0.5) is 9.59 Å². The van der Waals surface area contributed by atoms with Crippen LogP contribution in [0.5, 0.6) is 0 Å². The average molecular weight is 754 g/mol. The van der Waals surface area contributed by atoms with Crippen LogP contribution in [-0.4, -0.2) is 132 Å². The fourth-order valence-corrected chi connectivity index (χ4v) is 7.80. The van der Waals surface area contributed by atoms with Crippen molar-refractivity contribution in [3.05, 3.63) is 54.1 Å². The number of hydrogen-bond donors (Lipinski definition) is 4. The minimum Gasteiger partial charge on any atom is -0.438 e. The molecule has 2 aliphatic rings. The standard InChI is InChI=1S/C40H63N7O7/c1-29(2)16-17-39(41,52)27-40(31-14-10-7-11-15-31,35(48)33(42-3)25-32-26-43-28-44-32)36(49)34(24-30-12-8-6-9-13-30)54-38(51)46(5)19-18-45(4)37(50)47-20-22-53-23-21-47/h6,8-9,12-13,26,28-29,31,33-34,42,52H,7,10-11,14-25,27,41H2,1-5H3,(H,43,44)/t33-,34-,39-,40?/m0/s1. The SMILES string of the molecule is CN[C@@H](Cc1cnc[nH]1)C(=O)C(C[C@@](N)(O)CCC(C)C)(C(=O)[C@H](Cc1ccccc1)OC(=O)N(C)CCN(C)C(=O)N1CCOCC1)C1CCCCC1. The summed E-state index contributed by atoms with van der Waals surface area (Å²) < 4.78 is 11.5. The zero-order chi connectivity index (χ0) is 39.3. The summed E-state index contributed by atoms with van der Waals surface area (Å²) in [7, 11) is 4.92. The van der Waals surface area contributed by atoms with E-state index in [2.05, 4.69) is 15.3 Å². The Morgan fingerprint density at radius 3 is 2.31 bits per heavy atom. The van der Waals surface area contributed by atoms with Gasteiger partial charge in [0.15, 0.2) is 17.7 Å². The number of imidazole rings is 1. The second-order valence-electron chi connectivity index (χ2n) is 15.7. The number of aromatic amines is 1. The van der Waals surface area contributed by atoms with Gasteiger partial charge in [0.25, 0.3) is 0 Å². The third-order valence-electron chi connectivity index (χ3n) is 11.1. The number of ketones is 2. The van der Waals surface area contributed by atoms with Crippen molar-refractivity contribution in [2.24, 2.45) is 23.0 Å². The van der Waals surface area contributed by atoms with Crippen LogP contribution in [0.1, 0.15) is 76.5 Å². The Morgan fingerprint density at radius 2 is 1.70 bits per heavy atom. The van der Waals surface area contributed by atoms with Crippen molar-refractivity contribution in [3.8, 4) is 0 Å². The first-order valence-corrected chi connectivity index (χ1v) is 19.5. The Morgan fingerprint density at radius 1 is 1.04 bits per heavy atom. The highest BCUT2D eigenvalue weighted by molar-refractivity contribution is 6.11. The van der Waals surface area contributed by atoms with Crippen LogP contribution >= 0.6 is 0 Å². The van der Waals surface area contributed by atoms with Crippen molar-refractivity contribution in [1.82, 2.24) is 30.0 Å². The lowest BCUT2D eigenvalue weighted by Gasteiger charge is -2.46. The summed E-state index contributed by atoms with van der Waals surface area (Å²) in [5.74, 6) is -1.14. The number of nitrogens with two attached hydrogens (primary N) is 1. The molecule has 0 spiro atoms. The molecule has 1 aliphatic carbocycles. The molecule has 1 saturated carbocycles. The maximum atomic E-state index is 15.6. The summed E-state index contributed by atoms with van der Waals surface area (Å²) in [6.07, 6.45) is 5.57. The highest BCUT2D eigenvalue weighted by Gasteiger charge is 2.58. The normalized spacial score (nSPS) is 18.6. The summed E-state index contributed by atoms with van der Waals surface area (Å²) in [4.78, 5) is 69.7. The Bertz CT molecular complexity index is 1480. The number of urea groups is 1. The van der Waals surface area contributed by atoms with E-state index in [1.54, 1.807) is 43.5 Å². The van der Waals surface area contributed by atoms with Gasteiger partial charge in [0.1, 0.15) is 5.72 Å². The number of nitrogens with zero attached hydrogens (tertiary/aromatic N) is 4. The van der Waals surface area contributed by atoms with Crippen LogP contribution in [0.25, 0.3) is 0 Å². The largest absolute Gasteiger partial charge is 0.438 e. The van der Waals surface area contributed by atoms with Crippen molar-refractivity contribution in [2.75, 3.05) is 60.5 Å². The van der Waals surface area contributed by atoms with E-state index in [1.165, 1.54) is 4.90 Å². The number of Topliss-reactive ketones (excluding diaryl/α,β-unsaturated/α-hetero) is 2. The minimum atomic E-state index is -1.85. The van der Waals surface area contributed by atoms with Crippen molar-refractivity contribution in [1.29, 1.82) is 0 Å². The average Bonchev–Trinajstić information content (AvgIpc) is 3.70. The number of rotatable bonds is 19. The first kappa shape index (κ1) is 42.9. The van der Waals surface area contributed by atoms with Gasteiger partial charge in [-0.05, 0) is 50.1 Å². The Hall–Kier alpha value is -3.85. The Balaban J connectivity index is 1.71. The van der Waals surface area contributed by atoms with Crippen LogP contribution < -0.4 is 11.1 Å². The minimum absolute atomic E-state index is 0.0240. The number of H-pyrrole nitrogens is 1. The molecule has 0 radical (unpaired) electrons. The van der Waals surface area contributed by atoms with Crippen LogP contribution in [0.15, 0.2) is 42.9 Å². The number of amides is 3. The van der Waals surface area contributed by atoms with E-state index in [4.69, 9.17) is 15.2 Å². The molecular formula is C40H63N7O7. The van der Waals surface area contributed by atoms with Gasteiger partial charge in [0.2, 0.25) is 0 Å². The van der Waals surface area contributed by atoms with Crippen LogP contribution in [-0.2, 0) is 31.9 Å². The monoisotopic (exact) mass is 753 g/mol. The van der Waals surface area contributed by atoms with Crippen LogP contribution in [0.2, 0.25) is 0 Å². The van der Waals surface area contributed by atoms with Gasteiger partial charge in [-0.3, -0.25) is 9.59 Å². The van der Waals surface area contributed by atoms with Crippen molar-refractivity contribution in [3.63, 3.8) is 0 Å². The first-order chi connectivity index (χ1) is 25.8. The number of ether oxygens (including phenoxy) is 2. The van der Waals surface area contributed by atoms with E-state index in [0.29, 0.717) is 51.3 Å². The zero-order valence-electron chi connectivity index (χ0n) is 32.9. The van der Waals surface area contributed by atoms with Crippen LogP contribution in [0.3, 0.4) is 0 Å². The number of benzene rings is 1. The Kier molecular flexibility index (Phi) is 16.0. The number of morpholine rings is 1. The van der Waals surface area contributed by atoms with E-state index in [-0.39, 0.29) is 56.5 Å². The fourth-order valence-electron chi connectivity index (χ4n) is 7.80. The molecule has 54 heavy (non-hydrogen) atoms. The van der Waals surface area contributed by atoms with E-state index in [1.807, 2.05) is 44.2 Å². The number of aliphatic hydroxyl groups is 1. The molecule has 2 aromatic rings. The molecule has 4 atom stereocenters. The molecule has 1 aliphatic heterocycles. The first-order valence-electron chi connectivity index (χ1n) is 19.5. The fraction of sp³-hybridized carbons (Fsp3) is 0.675. The molecular weight excluding hydrogens is 690 g/mol. The van der Waals surface area contributed by atoms with Gasteiger partial charge in [-0.15, -0.1) is 0 Å². The summed E-state index contributed by atoms with van der Waals surface area (Å²) >= 11 is 0. The van der Waals surface area contributed by atoms with E-state index < -0.39 is 41.1 Å². The number of likely N-dealkylation sites (N-methyl/N-ethyl adjacent to an activating group) is 3. The summed E-state index contributed by atoms with van der Waals surface area (Å²) in [6, 6.07) is 8.27. The van der Waals surface area contributed by atoms with Gasteiger partial charge in [-0.25, -0.2) is 14.6 Å². The number of carbonyl (C=O) groups is 4. The molecule has 1 aromatic heterocycles. The molecule has 2 heterocycles. The van der Waals surface area contributed by atoms with E-state index in [0.717, 1.165) is 24.8 Å². The number of aromatic nitrogens is 2. The maximum Gasteiger partial charge on any atom is 0.410 e. The Labute approximate surface area is 320 Å². The molecule has 1 unspecified atom stereocenters. The lowest BCUT2D eigenvalue weighted by molar-refractivity contribution is -0.160. The van der Waals surface area contributed by atoms with Gasteiger partial charge in [0.05, 0.1) is 31.0 Å². The third kappa shape index (κ3) is 11.6. The summed E-state index contributed by atoms with van der Waals surface area (Å²) in [5, 5.41) is 15.1. The molecule has 3 amide bonds. The summed E-state index contributed by atoms with van der Waals surface area (Å²) in [5.41, 5.74) is 4.54. The number of carbonyl (C=O) groups excluding carboxylic acids is 4. The second-order valence-corrected chi connectivity index (χ2v) is 15.7. The number of hydrogen-bond acceptors (Lipinski definition) is 10. The van der Waals surface area contributed by atoms with Crippen molar-refractivity contribution >= 4 is 23.7 Å². The van der Waals surface area contributed by atoms with Gasteiger partial charge in [-0.2, -0.15) is 0 Å². The van der Waals surface area contributed by atoms with E-state index in [9.17, 15) is 14.7 Å². The molecule has 300 valence electrons. The topological polar surface area (TPSA) is 183 Å². The predicted molar refractivity (Wildman–Crippen MR) is 205 cm³/mol.